The maximum Gasteiger partial charge on any atom is 0.233 e. The number of nitrogens with zero attached hydrogens (tertiary/aromatic N) is 1. The van der Waals surface area contributed by atoms with Gasteiger partial charge in [0, 0.05) is 22.6 Å². The SMILES string of the molecule is CC1(C)CC(=O)C2=C(C1)Nc1ccccc1N(S(C)(=O)=O)[C@@H]2c1cccs1. The molecule has 0 bridgehead atoms. The van der Waals surface area contributed by atoms with Crippen LogP contribution in [-0.2, 0) is 14.8 Å². The molecular weight excluding hydrogens is 380 g/mol. The highest BCUT2D eigenvalue weighted by Crippen LogP contribution is 2.49. The molecule has 2 heterocycles. The van der Waals surface area contributed by atoms with Gasteiger partial charge in [0.25, 0.3) is 0 Å². The molecule has 4 rings (SSSR count). The molecule has 7 heteroatoms. The Hall–Kier alpha value is -2.12. The fourth-order valence-corrected chi connectivity index (χ4v) is 6.04. The van der Waals surface area contributed by atoms with Crippen molar-refractivity contribution in [3.05, 3.63) is 57.9 Å². The molecule has 1 aliphatic carbocycles. The van der Waals surface area contributed by atoms with E-state index in [1.807, 2.05) is 35.7 Å². The van der Waals surface area contributed by atoms with E-state index in [9.17, 15) is 13.2 Å². The second-order valence-corrected chi connectivity index (χ2v) is 10.8. The first-order valence-electron chi connectivity index (χ1n) is 8.82. The van der Waals surface area contributed by atoms with Crippen molar-refractivity contribution in [2.24, 2.45) is 5.41 Å². The Kier molecular flexibility index (Phi) is 4.20. The van der Waals surface area contributed by atoms with E-state index < -0.39 is 16.1 Å². The van der Waals surface area contributed by atoms with Crippen LogP contribution in [0.3, 0.4) is 0 Å². The number of nitrogens with one attached hydrogen (secondary N) is 1. The monoisotopic (exact) mass is 402 g/mol. The number of Topliss-reactive ketones (excluding diaryl/α,β-unsaturated/α-hetero) is 1. The topological polar surface area (TPSA) is 66.5 Å². The third-order valence-corrected chi connectivity index (χ3v) is 7.07. The molecular formula is C20H22N2O3S2. The van der Waals surface area contributed by atoms with E-state index in [0.717, 1.165) is 10.6 Å². The highest BCUT2D eigenvalue weighted by atomic mass is 32.2. The minimum Gasteiger partial charge on any atom is -0.357 e. The Morgan fingerprint density at radius 2 is 1.89 bits per heavy atom. The van der Waals surface area contributed by atoms with Crippen molar-refractivity contribution >= 4 is 38.5 Å². The molecule has 0 saturated carbocycles. The summed E-state index contributed by atoms with van der Waals surface area (Å²) >= 11 is 1.47. The third-order valence-electron chi connectivity index (χ3n) is 5.02. The highest BCUT2D eigenvalue weighted by Gasteiger charge is 2.44. The molecule has 1 aromatic heterocycles. The maximum atomic E-state index is 13.2. The van der Waals surface area contributed by atoms with Crippen LogP contribution in [0.1, 0.15) is 37.6 Å². The molecule has 142 valence electrons. The number of benzene rings is 1. The van der Waals surface area contributed by atoms with Crippen LogP contribution < -0.4 is 9.62 Å². The summed E-state index contributed by atoms with van der Waals surface area (Å²) < 4.78 is 27.2. The van der Waals surface area contributed by atoms with Gasteiger partial charge in [0.2, 0.25) is 10.0 Å². The highest BCUT2D eigenvalue weighted by molar-refractivity contribution is 7.92. The molecule has 0 unspecified atom stereocenters. The molecule has 2 aromatic rings. The number of sulfonamides is 1. The first-order valence-corrected chi connectivity index (χ1v) is 11.6. The number of anilines is 2. The lowest BCUT2D eigenvalue weighted by Gasteiger charge is -2.36. The van der Waals surface area contributed by atoms with Crippen molar-refractivity contribution in [1.82, 2.24) is 0 Å². The smallest absolute Gasteiger partial charge is 0.233 e. The van der Waals surface area contributed by atoms with E-state index in [1.54, 1.807) is 6.07 Å². The van der Waals surface area contributed by atoms with Crippen molar-refractivity contribution in [3.8, 4) is 0 Å². The minimum atomic E-state index is -3.63. The Morgan fingerprint density at radius 1 is 1.15 bits per heavy atom. The zero-order chi connectivity index (χ0) is 19.4. The van der Waals surface area contributed by atoms with Crippen LogP contribution in [0.25, 0.3) is 0 Å². The number of carbonyl (C=O) groups excluding carboxylic acids is 1. The molecule has 0 amide bonds. The summed E-state index contributed by atoms with van der Waals surface area (Å²) in [5.74, 6) is 0.00797. The zero-order valence-corrected chi connectivity index (χ0v) is 17.2. The number of carbonyl (C=O) groups is 1. The molecule has 1 N–H and O–H groups in total. The molecule has 0 spiro atoms. The Bertz CT molecular complexity index is 1040. The Morgan fingerprint density at radius 3 is 2.56 bits per heavy atom. The lowest BCUT2D eigenvalue weighted by Crippen LogP contribution is -2.38. The third kappa shape index (κ3) is 3.19. The van der Waals surface area contributed by atoms with E-state index in [2.05, 4.69) is 19.2 Å². The van der Waals surface area contributed by atoms with Crippen LogP contribution >= 0.6 is 11.3 Å². The van der Waals surface area contributed by atoms with Gasteiger partial charge in [-0.15, -0.1) is 11.3 Å². The number of allylic oxidation sites excluding steroid dienone is 1. The van der Waals surface area contributed by atoms with Crippen LogP contribution in [-0.4, -0.2) is 20.5 Å². The van der Waals surface area contributed by atoms with E-state index in [1.165, 1.54) is 21.9 Å². The van der Waals surface area contributed by atoms with E-state index >= 15 is 0 Å². The van der Waals surface area contributed by atoms with Gasteiger partial charge in [-0.05, 0) is 35.4 Å². The largest absolute Gasteiger partial charge is 0.357 e. The van der Waals surface area contributed by atoms with Gasteiger partial charge in [0.05, 0.1) is 17.6 Å². The molecule has 0 radical (unpaired) electrons. The van der Waals surface area contributed by atoms with E-state index in [0.29, 0.717) is 29.8 Å². The van der Waals surface area contributed by atoms with Gasteiger partial charge < -0.3 is 5.32 Å². The molecule has 5 nitrogen and oxygen atoms in total. The van der Waals surface area contributed by atoms with E-state index in [-0.39, 0.29) is 11.2 Å². The maximum absolute atomic E-state index is 13.2. The van der Waals surface area contributed by atoms with Crippen LogP contribution in [0.15, 0.2) is 53.0 Å². The minimum absolute atomic E-state index is 0.00797. The number of hydrogen-bond donors (Lipinski definition) is 1. The Balaban J connectivity index is 2.05. The molecule has 1 aliphatic heterocycles. The van der Waals surface area contributed by atoms with Crippen LogP contribution in [0.2, 0.25) is 0 Å². The van der Waals surface area contributed by atoms with Gasteiger partial charge >= 0.3 is 0 Å². The van der Waals surface area contributed by atoms with Crippen LogP contribution in [0, 0.1) is 5.41 Å². The van der Waals surface area contributed by atoms with Crippen molar-refractivity contribution in [1.29, 1.82) is 0 Å². The summed E-state index contributed by atoms with van der Waals surface area (Å²) in [5.41, 5.74) is 2.50. The molecule has 2 aliphatic rings. The quantitative estimate of drug-likeness (QED) is 0.812. The van der Waals surface area contributed by atoms with Gasteiger partial charge in [-0.2, -0.15) is 0 Å². The van der Waals surface area contributed by atoms with Crippen LogP contribution in [0.5, 0.6) is 0 Å². The lowest BCUT2D eigenvalue weighted by atomic mass is 9.74. The normalized spacial score (nSPS) is 22.0. The van der Waals surface area contributed by atoms with Gasteiger partial charge in [0.15, 0.2) is 5.78 Å². The van der Waals surface area contributed by atoms with Gasteiger partial charge in [0.1, 0.15) is 6.04 Å². The summed E-state index contributed by atoms with van der Waals surface area (Å²) in [6.07, 6.45) is 2.30. The summed E-state index contributed by atoms with van der Waals surface area (Å²) in [6, 6.07) is 10.5. The van der Waals surface area contributed by atoms with Crippen molar-refractivity contribution in [2.75, 3.05) is 15.9 Å². The summed E-state index contributed by atoms with van der Waals surface area (Å²) in [7, 11) is -3.63. The summed E-state index contributed by atoms with van der Waals surface area (Å²) in [5, 5.41) is 5.31. The number of para-hydroxylation sites is 2. The van der Waals surface area contributed by atoms with Crippen molar-refractivity contribution in [2.45, 2.75) is 32.7 Å². The fraction of sp³-hybridized carbons (Fsp3) is 0.350. The fourth-order valence-electron chi connectivity index (χ4n) is 4.03. The molecule has 0 saturated heterocycles. The van der Waals surface area contributed by atoms with Crippen LogP contribution in [0.4, 0.5) is 11.4 Å². The van der Waals surface area contributed by atoms with E-state index in [4.69, 9.17) is 0 Å². The first-order chi connectivity index (χ1) is 12.7. The molecule has 0 fully saturated rings. The molecule has 27 heavy (non-hydrogen) atoms. The molecule has 1 aromatic carbocycles. The molecule has 1 atom stereocenters. The number of rotatable bonds is 2. The predicted octanol–water partition coefficient (Wildman–Crippen LogP) is 4.32. The number of fused-ring (bicyclic) bond motifs is 1. The van der Waals surface area contributed by atoms with Gasteiger partial charge in [-0.3, -0.25) is 9.10 Å². The average molecular weight is 403 g/mol. The number of ketones is 1. The van der Waals surface area contributed by atoms with Crippen molar-refractivity contribution in [3.63, 3.8) is 0 Å². The Labute approximate surface area is 163 Å². The standard InChI is InChI=1S/C20H22N2O3S2/c1-20(2)11-14-18(16(23)12-20)19(17-9-6-10-26-17)22(27(3,24)25)15-8-5-4-7-13(15)21-14/h4-10,19,21H,11-12H2,1-3H3/t19-/m1/s1. The average Bonchev–Trinajstić information content (AvgIpc) is 3.01. The van der Waals surface area contributed by atoms with Gasteiger partial charge in [-0.1, -0.05) is 32.0 Å². The first kappa shape index (κ1) is 18.3. The lowest BCUT2D eigenvalue weighted by molar-refractivity contribution is -0.118. The second-order valence-electron chi connectivity index (χ2n) is 7.95. The summed E-state index contributed by atoms with van der Waals surface area (Å²) in [4.78, 5) is 14.1. The van der Waals surface area contributed by atoms with Crippen molar-refractivity contribution < 1.29 is 13.2 Å². The number of thiophene rings is 1. The predicted molar refractivity (Wildman–Crippen MR) is 109 cm³/mol. The summed E-state index contributed by atoms with van der Waals surface area (Å²) in [6.45, 7) is 4.14. The number of hydrogen-bond acceptors (Lipinski definition) is 5. The van der Waals surface area contributed by atoms with Gasteiger partial charge in [-0.25, -0.2) is 8.42 Å². The zero-order valence-electron chi connectivity index (χ0n) is 15.5. The second kappa shape index (κ2) is 6.21.